The Morgan fingerprint density at radius 2 is 1.95 bits per heavy atom. The summed E-state index contributed by atoms with van der Waals surface area (Å²) >= 11 is 0. The van der Waals surface area contributed by atoms with E-state index in [0.717, 1.165) is 25.3 Å². The SMILES string of the molecule is CC(C)(C)c1ccc(C2NCCCn3ccnc32)cc1. The largest absolute Gasteiger partial charge is 0.333 e. The van der Waals surface area contributed by atoms with Crippen molar-refractivity contribution in [2.75, 3.05) is 6.54 Å². The minimum atomic E-state index is 0.202. The number of benzene rings is 1. The van der Waals surface area contributed by atoms with Gasteiger partial charge in [-0.25, -0.2) is 4.98 Å². The number of aromatic nitrogens is 2. The van der Waals surface area contributed by atoms with Crippen LogP contribution < -0.4 is 5.32 Å². The summed E-state index contributed by atoms with van der Waals surface area (Å²) in [6, 6.07) is 9.18. The molecule has 0 saturated carbocycles. The van der Waals surface area contributed by atoms with E-state index >= 15 is 0 Å². The standard InChI is InChI=1S/C17H23N3/c1-17(2,3)14-7-5-13(6-8-14)15-16-19-10-12-20(16)11-4-9-18-15/h5-8,10,12,15,18H,4,9,11H2,1-3H3. The molecule has 1 aromatic carbocycles. The van der Waals surface area contributed by atoms with Crippen molar-refractivity contribution < 1.29 is 0 Å². The smallest absolute Gasteiger partial charge is 0.130 e. The van der Waals surface area contributed by atoms with E-state index in [9.17, 15) is 0 Å². The molecule has 0 amide bonds. The molecule has 3 nitrogen and oxygen atoms in total. The van der Waals surface area contributed by atoms with Gasteiger partial charge in [0.1, 0.15) is 5.82 Å². The summed E-state index contributed by atoms with van der Waals surface area (Å²) in [7, 11) is 0. The normalized spacial score (nSPS) is 19.4. The third-order valence-corrected chi connectivity index (χ3v) is 4.04. The number of aryl methyl sites for hydroxylation is 1. The maximum absolute atomic E-state index is 4.55. The minimum absolute atomic E-state index is 0.202. The van der Waals surface area contributed by atoms with Crippen molar-refractivity contribution in [3.8, 4) is 0 Å². The lowest BCUT2D eigenvalue weighted by molar-refractivity contribution is 0.584. The molecule has 2 aromatic rings. The Labute approximate surface area is 121 Å². The van der Waals surface area contributed by atoms with Gasteiger partial charge in [0.25, 0.3) is 0 Å². The van der Waals surface area contributed by atoms with Gasteiger partial charge in [0.15, 0.2) is 0 Å². The second-order valence-corrected chi connectivity index (χ2v) is 6.59. The van der Waals surface area contributed by atoms with Crippen molar-refractivity contribution in [3.05, 3.63) is 53.6 Å². The van der Waals surface area contributed by atoms with Crippen LogP contribution in [0.4, 0.5) is 0 Å². The van der Waals surface area contributed by atoms with E-state index < -0.39 is 0 Å². The van der Waals surface area contributed by atoms with E-state index in [1.165, 1.54) is 11.1 Å². The zero-order valence-electron chi connectivity index (χ0n) is 12.6. The molecule has 0 aliphatic carbocycles. The Bertz CT molecular complexity index is 575. The van der Waals surface area contributed by atoms with Gasteiger partial charge in [0.2, 0.25) is 0 Å². The monoisotopic (exact) mass is 269 g/mol. The highest BCUT2D eigenvalue weighted by molar-refractivity contribution is 5.32. The molecule has 3 rings (SSSR count). The number of hydrogen-bond acceptors (Lipinski definition) is 2. The highest BCUT2D eigenvalue weighted by atomic mass is 15.1. The van der Waals surface area contributed by atoms with Crippen molar-refractivity contribution in [2.45, 2.75) is 45.2 Å². The summed E-state index contributed by atoms with van der Waals surface area (Å²) in [6.07, 6.45) is 5.14. The lowest BCUT2D eigenvalue weighted by Gasteiger charge is -2.21. The van der Waals surface area contributed by atoms with Crippen LogP contribution in [0.25, 0.3) is 0 Å². The molecule has 106 valence electrons. The Balaban J connectivity index is 1.94. The summed E-state index contributed by atoms with van der Waals surface area (Å²) in [6.45, 7) is 8.84. The molecule has 0 saturated heterocycles. The molecule has 3 heteroatoms. The van der Waals surface area contributed by atoms with Crippen molar-refractivity contribution in [1.82, 2.24) is 14.9 Å². The Kier molecular flexibility index (Phi) is 3.38. The highest BCUT2D eigenvalue weighted by Crippen LogP contribution is 2.27. The molecule has 0 spiro atoms. The zero-order valence-corrected chi connectivity index (χ0v) is 12.6. The third-order valence-electron chi connectivity index (χ3n) is 4.04. The Hall–Kier alpha value is -1.61. The van der Waals surface area contributed by atoms with Gasteiger partial charge in [0.05, 0.1) is 6.04 Å². The van der Waals surface area contributed by atoms with Crippen LogP contribution in [0.5, 0.6) is 0 Å². The van der Waals surface area contributed by atoms with Crippen molar-refractivity contribution in [2.24, 2.45) is 0 Å². The predicted molar refractivity (Wildman–Crippen MR) is 81.8 cm³/mol. The van der Waals surface area contributed by atoms with E-state index in [2.05, 4.69) is 66.1 Å². The number of hydrogen-bond donors (Lipinski definition) is 1. The average Bonchev–Trinajstić information content (AvgIpc) is 2.78. The van der Waals surface area contributed by atoms with Crippen molar-refractivity contribution in [3.63, 3.8) is 0 Å². The van der Waals surface area contributed by atoms with E-state index in [0.29, 0.717) is 0 Å². The van der Waals surface area contributed by atoms with Crippen LogP contribution in [-0.4, -0.2) is 16.1 Å². The molecule has 1 atom stereocenters. The molecule has 20 heavy (non-hydrogen) atoms. The van der Waals surface area contributed by atoms with Crippen molar-refractivity contribution in [1.29, 1.82) is 0 Å². The average molecular weight is 269 g/mol. The molecule has 1 aliphatic rings. The van der Waals surface area contributed by atoms with E-state index in [1.807, 2.05) is 6.20 Å². The molecule has 2 heterocycles. The number of imidazole rings is 1. The van der Waals surface area contributed by atoms with Crippen LogP contribution in [0, 0.1) is 0 Å². The van der Waals surface area contributed by atoms with Gasteiger partial charge in [0, 0.05) is 18.9 Å². The van der Waals surface area contributed by atoms with Crippen LogP contribution >= 0.6 is 0 Å². The first-order chi connectivity index (χ1) is 9.55. The summed E-state index contributed by atoms with van der Waals surface area (Å²) in [4.78, 5) is 4.55. The Morgan fingerprint density at radius 3 is 2.65 bits per heavy atom. The predicted octanol–water partition coefficient (Wildman–Crippen LogP) is 3.26. The van der Waals surface area contributed by atoms with E-state index in [4.69, 9.17) is 0 Å². The molecular formula is C17H23N3. The number of nitrogens with zero attached hydrogens (tertiary/aromatic N) is 2. The van der Waals surface area contributed by atoms with Gasteiger partial charge in [-0.1, -0.05) is 45.0 Å². The van der Waals surface area contributed by atoms with Crippen molar-refractivity contribution >= 4 is 0 Å². The van der Waals surface area contributed by atoms with Crippen LogP contribution in [0.15, 0.2) is 36.7 Å². The third kappa shape index (κ3) is 2.50. The quantitative estimate of drug-likeness (QED) is 0.861. The van der Waals surface area contributed by atoms with Gasteiger partial charge < -0.3 is 9.88 Å². The van der Waals surface area contributed by atoms with Gasteiger partial charge >= 0.3 is 0 Å². The van der Waals surface area contributed by atoms with Gasteiger partial charge in [-0.2, -0.15) is 0 Å². The van der Waals surface area contributed by atoms with E-state index in [-0.39, 0.29) is 11.5 Å². The molecule has 1 aromatic heterocycles. The van der Waals surface area contributed by atoms with Crippen LogP contribution in [0.2, 0.25) is 0 Å². The summed E-state index contributed by atoms with van der Waals surface area (Å²) in [5.41, 5.74) is 2.87. The molecule has 1 unspecified atom stereocenters. The van der Waals surface area contributed by atoms with Crippen LogP contribution in [-0.2, 0) is 12.0 Å². The maximum atomic E-state index is 4.55. The minimum Gasteiger partial charge on any atom is -0.333 e. The van der Waals surface area contributed by atoms with E-state index in [1.54, 1.807) is 0 Å². The topological polar surface area (TPSA) is 29.9 Å². The molecule has 0 fully saturated rings. The fourth-order valence-electron chi connectivity index (χ4n) is 2.80. The van der Waals surface area contributed by atoms with Gasteiger partial charge in [-0.15, -0.1) is 0 Å². The first-order valence-corrected chi connectivity index (χ1v) is 7.40. The second-order valence-electron chi connectivity index (χ2n) is 6.59. The molecule has 1 aliphatic heterocycles. The molecular weight excluding hydrogens is 246 g/mol. The molecule has 0 radical (unpaired) electrons. The summed E-state index contributed by atoms with van der Waals surface area (Å²) in [5.74, 6) is 1.13. The van der Waals surface area contributed by atoms with Gasteiger partial charge in [-0.05, 0) is 29.5 Å². The molecule has 1 N–H and O–H groups in total. The number of nitrogens with one attached hydrogen (secondary N) is 1. The van der Waals surface area contributed by atoms with Crippen LogP contribution in [0.3, 0.4) is 0 Å². The lowest BCUT2D eigenvalue weighted by Crippen LogP contribution is -2.23. The fourth-order valence-corrected chi connectivity index (χ4v) is 2.80. The number of rotatable bonds is 1. The molecule has 0 bridgehead atoms. The Morgan fingerprint density at radius 1 is 1.20 bits per heavy atom. The zero-order chi connectivity index (χ0) is 14.2. The maximum Gasteiger partial charge on any atom is 0.130 e. The fraction of sp³-hybridized carbons (Fsp3) is 0.471. The van der Waals surface area contributed by atoms with Gasteiger partial charge in [-0.3, -0.25) is 0 Å². The summed E-state index contributed by atoms with van der Waals surface area (Å²) < 4.78 is 2.27. The lowest BCUT2D eigenvalue weighted by atomic mass is 9.86. The van der Waals surface area contributed by atoms with Crippen LogP contribution in [0.1, 0.15) is 50.2 Å². The first-order valence-electron chi connectivity index (χ1n) is 7.40. The highest BCUT2D eigenvalue weighted by Gasteiger charge is 2.22. The first kappa shape index (κ1) is 13.4. The second kappa shape index (κ2) is 5.06. The number of fused-ring (bicyclic) bond motifs is 1. The summed E-state index contributed by atoms with van der Waals surface area (Å²) in [5, 5.41) is 3.62.